The number of nitrogens with one attached hydrogen (secondary N) is 1. The van der Waals surface area contributed by atoms with Crippen molar-refractivity contribution in [1.29, 1.82) is 0 Å². The van der Waals surface area contributed by atoms with Crippen LogP contribution in [0.15, 0.2) is 78.0 Å². The van der Waals surface area contributed by atoms with E-state index in [1.54, 1.807) is 56.7 Å². The summed E-state index contributed by atoms with van der Waals surface area (Å²) in [5.41, 5.74) is 2.10. The molecule has 2 atom stereocenters. The van der Waals surface area contributed by atoms with E-state index in [0.717, 1.165) is 5.01 Å². The number of hydrogen-bond donors (Lipinski definition) is 1. The number of nitrogens with zero attached hydrogens (tertiary/aromatic N) is 3. The molecule has 3 aromatic rings. The molecule has 0 saturated heterocycles. The molecule has 180 valence electrons. The van der Waals surface area contributed by atoms with E-state index in [1.165, 1.54) is 6.20 Å². The van der Waals surface area contributed by atoms with Gasteiger partial charge in [-0.25, -0.2) is 4.79 Å². The number of carbonyl (C=O) groups excluding carboxylic acids is 2. The van der Waals surface area contributed by atoms with Crippen molar-refractivity contribution < 1.29 is 23.8 Å². The lowest BCUT2D eigenvalue weighted by molar-refractivity contribution is 0.0492. The quantitative estimate of drug-likeness (QED) is 0.526. The zero-order valence-electron chi connectivity index (χ0n) is 19.7. The summed E-state index contributed by atoms with van der Waals surface area (Å²) in [5, 5.41) is 8.70. The molecule has 35 heavy (non-hydrogen) atoms. The first kappa shape index (κ1) is 23.7. The van der Waals surface area contributed by atoms with Crippen molar-refractivity contribution in [2.75, 3.05) is 14.2 Å². The number of cyclic esters (lactones) is 1. The molecule has 0 saturated carbocycles. The highest BCUT2D eigenvalue weighted by Gasteiger charge is 2.36. The lowest BCUT2D eigenvalue weighted by atomic mass is 10.0. The lowest BCUT2D eigenvalue weighted by Crippen LogP contribution is -2.48. The largest absolute Gasteiger partial charge is 0.493 e. The van der Waals surface area contributed by atoms with E-state index < -0.39 is 24.3 Å². The van der Waals surface area contributed by atoms with Crippen LogP contribution in [0, 0.1) is 0 Å². The Labute approximate surface area is 203 Å². The molecule has 0 radical (unpaired) electrons. The van der Waals surface area contributed by atoms with Gasteiger partial charge in [0.05, 0.1) is 14.2 Å². The van der Waals surface area contributed by atoms with Crippen molar-refractivity contribution in [3.05, 3.63) is 89.7 Å². The fourth-order valence-corrected chi connectivity index (χ4v) is 3.75. The second-order valence-corrected chi connectivity index (χ2v) is 7.68. The van der Waals surface area contributed by atoms with Gasteiger partial charge < -0.3 is 19.5 Å². The number of amides is 2. The van der Waals surface area contributed by atoms with Crippen LogP contribution in [0.2, 0.25) is 0 Å². The molecule has 0 aliphatic carbocycles. The summed E-state index contributed by atoms with van der Waals surface area (Å²) >= 11 is 0. The summed E-state index contributed by atoms with van der Waals surface area (Å²) in [5.74, 6) is 0.640. The van der Waals surface area contributed by atoms with Crippen molar-refractivity contribution in [1.82, 2.24) is 15.3 Å². The summed E-state index contributed by atoms with van der Waals surface area (Å²) in [6.07, 6.45) is -0.119. The van der Waals surface area contributed by atoms with Gasteiger partial charge in [0.25, 0.3) is 5.91 Å². The number of hydrogen-bond acceptors (Lipinski definition) is 7. The normalized spacial score (nSPS) is 16.1. The molecule has 0 bridgehead atoms. The van der Waals surface area contributed by atoms with E-state index in [2.05, 4.69) is 15.4 Å². The molecule has 2 unspecified atom stereocenters. The maximum atomic E-state index is 13.1. The van der Waals surface area contributed by atoms with Gasteiger partial charge >= 0.3 is 6.09 Å². The first-order valence-corrected chi connectivity index (χ1v) is 11.1. The topological polar surface area (TPSA) is 102 Å². The molecule has 1 aromatic heterocycles. The van der Waals surface area contributed by atoms with Crippen LogP contribution in [0.25, 0.3) is 0 Å². The zero-order chi connectivity index (χ0) is 24.8. The number of ether oxygens (including phenoxy) is 3. The molecule has 9 nitrogen and oxygen atoms in total. The lowest BCUT2D eigenvalue weighted by Gasteiger charge is -2.34. The Morgan fingerprint density at radius 1 is 1.06 bits per heavy atom. The highest BCUT2D eigenvalue weighted by molar-refractivity contribution is 6.06. The van der Waals surface area contributed by atoms with Crippen LogP contribution in [-0.2, 0) is 4.74 Å². The molecular weight excluding hydrogens is 448 g/mol. The van der Waals surface area contributed by atoms with E-state index in [1.807, 2.05) is 31.2 Å². The minimum absolute atomic E-state index is 0.217. The van der Waals surface area contributed by atoms with Gasteiger partial charge in [0.15, 0.2) is 17.7 Å². The molecule has 1 N–H and O–H groups in total. The maximum absolute atomic E-state index is 13.1. The summed E-state index contributed by atoms with van der Waals surface area (Å²) in [7, 11) is 3.11. The van der Waals surface area contributed by atoms with E-state index in [-0.39, 0.29) is 5.69 Å². The SMILES string of the molecule is CCC1OC(=O)N(C(NC(=O)c2ccccn2)c2ccccc2)N=C1c1ccc(OC)c(OC)c1. The Kier molecular flexibility index (Phi) is 7.25. The molecule has 9 heteroatoms. The van der Waals surface area contributed by atoms with E-state index in [9.17, 15) is 9.59 Å². The number of aromatic nitrogens is 1. The second-order valence-electron chi connectivity index (χ2n) is 7.68. The van der Waals surface area contributed by atoms with Crippen molar-refractivity contribution >= 4 is 17.7 Å². The molecule has 2 heterocycles. The smallest absolute Gasteiger partial charge is 0.433 e. The summed E-state index contributed by atoms with van der Waals surface area (Å²) < 4.78 is 16.5. The zero-order valence-corrected chi connectivity index (χ0v) is 19.7. The van der Waals surface area contributed by atoms with Crippen molar-refractivity contribution in [2.24, 2.45) is 5.10 Å². The molecule has 4 rings (SSSR count). The Hall–Kier alpha value is -4.40. The van der Waals surface area contributed by atoms with Gasteiger partial charge in [-0.15, -0.1) is 0 Å². The Bertz CT molecular complexity index is 1220. The molecule has 1 aliphatic heterocycles. The van der Waals surface area contributed by atoms with Gasteiger partial charge in [0.1, 0.15) is 17.5 Å². The molecule has 2 amide bonds. The van der Waals surface area contributed by atoms with Gasteiger partial charge in [0, 0.05) is 11.8 Å². The Balaban J connectivity index is 1.77. The van der Waals surface area contributed by atoms with Gasteiger partial charge in [-0.1, -0.05) is 43.3 Å². The number of methoxy groups -OCH3 is 2. The standard InChI is InChI=1S/C26H26N4O5/c1-4-20-23(18-13-14-21(33-2)22(16-18)34-3)29-30(26(32)35-20)24(17-10-6-5-7-11-17)28-25(31)19-12-8-9-15-27-19/h5-16,20,24H,4H2,1-3H3,(H,28,31). The fraction of sp³-hybridized carbons (Fsp3) is 0.231. The predicted octanol–water partition coefficient (Wildman–Crippen LogP) is 4.16. The highest BCUT2D eigenvalue weighted by atomic mass is 16.6. The number of carbonyl (C=O) groups is 2. The van der Waals surface area contributed by atoms with Gasteiger partial charge in [-0.05, 0) is 42.3 Å². The summed E-state index contributed by atoms with van der Waals surface area (Å²) in [6.45, 7) is 1.90. The summed E-state index contributed by atoms with van der Waals surface area (Å²) in [6, 6.07) is 19.5. The van der Waals surface area contributed by atoms with Gasteiger partial charge in [-0.2, -0.15) is 10.1 Å². The van der Waals surface area contributed by atoms with Crippen LogP contribution < -0.4 is 14.8 Å². The highest BCUT2D eigenvalue weighted by Crippen LogP contribution is 2.31. The molecule has 1 aliphatic rings. The minimum atomic E-state index is -0.925. The van der Waals surface area contributed by atoms with Crippen molar-refractivity contribution in [3.63, 3.8) is 0 Å². The second kappa shape index (κ2) is 10.7. The van der Waals surface area contributed by atoms with Crippen LogP contribution in [0.5, 0.6) is 11.5 Å². The predicted molar refractivity (Wildman–Crippen MR) is 129 cm³/mol. The average molecular weight is 475 g/mol. The first-order valence-electron chi connectivity index (χ1n) is 11.1. The minimum Gasteiger partial charge on any atom is -0.493 e. The average Bonchev–Trinajstić information content (AvgIpc) is 2.92. The van der Waals surface area contributed by atoms with E-state index >= 15 is 0 Å². The Morgan fingerprint density at radius 2 is 1.80 bits per heavy atom. The number of pyridine rings is 1. The molecule has 0 fully saturated rings. The maximum Gasteiger partial charge on any atom is 0.433 e. The monoisotopic (exact) mass is 474 g/mol. The number of hydrazone groups is 1. The van der Waals surface area contributed by atoms with Crippen molar-refractivity contribution in [3.8, 4) is 11.5 Å². The third kappa shape index (κ3) is 5.08. The van der Waals surface area contributed by atoms with Crippen LogP contribution in [-0.4, -0.2) is 48.0 Å². The molecule has 0 spiro atoms. The van der Waals surface area contributed by atoms with E-state index in [0.29, 0.717) is 34.8 Å². The van der Waals surface area contributed by atoms with Crippen LogP contribution in [0.1, 0.15) is 41.1 Å². The third-order valence-corrected chi connectivity index (χ3v) is 5.53. The van der Waals surface area contributed by atoms with Crippen LogP contribution in [0.4, 0.5) is 4.79 Å². The van der Waals surface area contributed by atoms with Crippen molar-refractivity contribution in [2.45, 2.75) is 25.6 Å². The fourth-order valence-electron chi connectivity index (χ4n) is 3.75. The molecule has 2 aromatic carbocycles. The number of benzene rings is 2. The van der Waals surface area contributed by atoms with Gasteiger partial charge in [0.2, 0.25) is 0 Å². The van der Waals surface area contributed by atoms with Gasteiger partial charge in [-0.3, -0.25) is 9.78 Å². The summed E-state index contributed by atoms with van der Waals surface area (Å²) in [4.78, 5) is 30.2. The van der Waals surface area contributed by atoms with E-state index in [4.69, 9.17) is 14.2 Å². The Morgan fingerprint density at radius 3 is 2.46 bits per heavy atom. The third-order valence-electron chi connectivity index (χ3n) is 5.53. The van der Waals surface area contributed by atoms with Crippen LogP contribution in [0.3, 0.4) is 0 Å². The van der Waals surface area contributed by atoms with Crippen LogP contribution >= 0.6 is 0 Å². The molecular formula is C26H26N4O5. The number of rotatable bonds is 8. The first-order chi connectivity index (χ1) is 17.0.